The molecular formula is C25H28ClF3N2O5S. The van der Waals surface area contributed by atoms with E-state index in [4.69, 9.17) is 11.6 Å². The van der Waals surface area contributed by atoms with E-state index in [1.165, 1.54) is 12.1 Å². The number of amides is 1. The molecule has 0 saturated heterocycles. The Morgan fingerprint density at radius 3 is 2.30 bits per heavy atom. The van der Waals surface area contributed by atoms with Gasteiger partial charge in [-0.15, -0.1) is 0 Å². The molecule has 4 rings (SSSR count). The quantitative estimate of drug-likeness (QED) is 0.366. The minimum atomic E-state index is -4.01. The first kappa shape index (κ1) is 27.8. The number of carbonyl (C=O) groups is 1. The fourth-order valence-electron chi connectivity index (χ4n) is 5.43. The highest BCUT2D eigenvalue weighted by atomic mass is 35.5. The molecule has 1 amide bonds. The van der Waals surface area contributed by atoms with Crippen molar-refractivity contribution < 1.29 is 36.6 Å². The predicted molar refractivity (Wildman–Crippen MR) is 132 cm³/mol. The fraction of sp³-hybridized carbons (Fsp3) is 0.480. The predicted octanol–water partition coefficient (Wildman–Crippen LogP) is 3.67. The summed E-state index contributed by atoms with van der Waals surface area (Å²) in [5, 5.41) is 25.0. The van der Waals surface area contributed by atoms with Gasteiger partial charge in [0.15, 0.2) is 27.3 Å². The Hall–Kier alpha value is -2.18. The summed E-state index contributed by atoms with van der Waals surface area (Å²) in [6, 6.07) is 4.64. The van der Waals surface area contributed by atoms with Crippen molar-refractivity contribution >= 4 is 33.0 Å². The van der Waals surface area contributed by atoms with Crippen molar-refractivity contribution in [1.29, 1.82) is 0 Å². The van der Waals surface area contributed by atoms with Crippen molar-refractivity contribution in [3.63, 3.8) is 0 Å². The lowest BCUT2D eigenvalue weighted by atomic mass is 9.74. The van der Waals surface area contributed by atoms with E-state index in [1.807, 2.05) is 0 Å². The minimum absolute atomic E-state index is 0.0814. The number of aliphatic hydroxyl groups is 2. The highest BCUT2D eigenvalue weighted by Gasteiger charge is 2.55. The maximum absolute atomic E-state index is 13.6. The van der Waals surface area contributed by atoms with Gasteiger partial charge < -0.3 is 20.8 Å². The lowest BCUT2D eigenvalue weighted by Gasteiger charge is -2.43. The number of sulfone groups is 1. The van der Waals surface area contributed by atoms with Crippen molar-refractivity contribution in [2.24, 2.45) is 11.8 Å². The summed E-state index contributed by atoms with van der Waals surface area (Å²) in [4.78, 5) is 12.4. The van der Waals surface area contributed by atoms with Gasteiger partial charge in [0.2, 0.25) is 0 Å². The third-order valence-corrected chi connectivity index (χ3v) is 10.2. The molecule has 0 heterocycles. The molecule has 12 heteroatoms. The molecule has 2 fully saturated rings. The average molecular weight is 561 g/mol. The first-order valence-corrected chi connectivity index (χ1v) is 13.8. The number of carbonyl (C=O) groups excluding carboxylic acids is 1. The van der Waals surface area contributed by atoms with Gasteiger partial charge in [0, 0.05) is 36.0 Å². The first-order chi connectivity index (χ1) is 17.4. The molecule has 2 aliphatic carbocycles. The standard InChI is InChI=1S/C25H28ClF3N2O5S/c1-13(11-32)30-12-25(34)15-3-4-16(25)8-18(7-15)37(35,36)22-6-14(2-5-19(22)26)24(33)31-17-9-20(27)23(29)21(28)10-17/h2,5-6,9-10,13,15-16,18,30,32,34H,3-4,7-8,11-12H2,1H3,(H,31,33)/t13?,15-,16?,18?,25?/m0/s1. The Kier molecular flexibility index (Phi) is 7.92. The van der Waals surface area contributed by atoms with Gasteiger partial charge in [-0.25, -0.2) is 21.6 Å². The van der Waals surface area contributed by atoms with Crippen LogP contribution in [-0.2, 0) is 9.84 Å². The number of fused-ring (bicyclic) bond motifs is 2. The molecule has 0 spiro atoms. The van der Waals surface area contributed by atoms with Crippen molar-refractivity contribution in [2.45, 2.75) is 54.4 Å². The van der Waals surface area contributed by atoms with Crippen LogP contribution in [-0.4, -0.2) is 54.6 Å². The Morgan fingerprint density at radius 2 is 1.73 bits per heavy atom. The largest absolute Gasteiger partial charge is 0.395 e. The van der Waals surface area contributed by atoms with Crippen LogP contribution in [0.1, 0.15) is 43.0 Å². The zero-order valence-electron chi connectivity index (χ0n) is 20.0. The Bertz CT molecular complexity index is 1270. The fourth-order valence-corrected chi connectivity index (χ4v) is 7.83. The van der Waals surface area contributed by atoms with Crippen molar-refractivity contribution in [2.75, 3.05) is 18.5 Å². The molecule has 0 aliphatic heterocycles. The molecule has 2 aromatic rings. The van der Waals surface area contributed by atoms with Crippen LogP contribution in [0.3, 0.4) is 0 Å². The molecule has 0 aromatic heterocycles. The molecule has 2 aromatic carbocycles. The van der Waals surface area contributed by atoms with Gasteiger partial charge in [0.1, 0.15) is 0 Å². The first-order valence-electron chi connectivity index (χ1n) is 11.9. The lowest BCUT2D eigenvalue weighted by Crippen LogP contribution is -2.55. The SMILES string of the molecule is CC(CO)NCC1(O)C2CC[C@H]1CC(S(=O)(=O)c1cc(C(=O)Nc3cc(F)c(F)c(F)c3)ccc1Cl)C2. The van der Waals surface area contributed by atoms with Crippen LogP contribution in [0.2, 0.25) is 5.02 Å². The van der Waals surface area contributed by atoms with E-state index in [0.717, 1.165) is 6.07 Å². The third-order valence-electron chi connectivity index (χ3n) is 7.56. The van der Waals surface area contributed by atoms with Gasteiger partial charge in [-0.05, 0) is 62.6 Å². The van der Waals surface area contributed by atoms with Crippen molar-refractivity contribution in [1.82, 2.24) is 5.32 Å². The van der Waals surface area contributed by atoms with E-state index in [1.54, 1.807) is 6.92 Å². The second-order valence-corrected chi connectivity index (χ2v) is 12.5. The molecule has 7 nitrogen and oxygen atoms in total. The Morgan fingerprint density at radius 1 is 1.14 bits per heavy atom. The summed E-state index contributed by atoms with van der Waals surface area (Å²) in [6.45, 7) is 1.95. The number of halogens is 4. The van der Waals surface area contributed by atoms with Crippen LogP contribution in [0.25, 0.3) is 0 Å². The second kappa shape index (κ2) is 10.5. The van der Waals surface area contributed by atoms with E-state index in [0.29, 0.717) is 25.0 Å². The zero-order valence-corrected chi connectivity index (χ0v) is 21.6. The van der Waals surface area contributed by atoms with Gasteiger partial charge in [-0.1, -0.05) is 11.6 Å². The molecule has 2 saturated carbocycles. The number of hydrogen-bond donors (Lipinski definition) is 4. The Balaban J connectivity index is 1.54. The van der Waals surface area contributed by atoms with Crippen LogP contribution < -0.4 is 10.6 Å². The summed E-state index contributed by atoms with van der Waals surface area (Å²) in [5.41, 5.74) is -1.54. The molecule has 37 heavy (non-hydrogen) atoms. The van der Waals surface area contributed by atoms with Crippen LogP contribution in [0.15, 0.2) is 35.2 Å². The molecule has 0 radical (unpaired) electrons. The third kappa shape index (κ3) is 5.37. The maximum Gasteiger partial charge on any atom is 0.255 e. The molecule has 2 bridgehead atoms. The highest BCUT2D eigenvalue weighted by molar-refractivity contribution is 7.92. The molecule has 2 aliphatic rings. The average Bonchev–Trinajstić information content (AvgIpc) is 3.01. The molecule has 4 unspecified atom stereocenters. The second-order valence-electron chi connectivity index (χ2n) is 9.92. The molecule has 202 valence electrons. The van der Waals surface area contributed by atoms with Crippen molar-refractivity contribution in [3.8, 4) is 0 Å². The summed E-state index contributed by atoms with van der Waals surface area (Å²) in [6.07, 6.45) is 1.77. The summed E-state index contributed by atoms with van der Waals surface area (Å²) < 4.78 is 67.5. The number of benzene rings is 2. The number of anilines is 1. The van der Waals surface area contributed by atoms with Crippen LogP contribution in [0.4, 0.5) is 18.9 Å². The van der Waals surface area contributed by atoms with Crippen LogP contribution >= 0.6 is 11.6 Å². The zero-order chi connectivity index (χ0) is 27.1. The van der Waals surface area contributed by atoms with Gasteiger partial charge in [0.05, 0.1) is 27.4 Å². The topological polar surface area (TPSA) is 116 Å². The summed E-state index contributed by atoms with van der Waals surface area (Å²) >= 11 is 6.23. The normalized spacial score (nSPS) is 26.2. The lowest BCUT2D eigenvalue weighted by molar-refractivity contribution is -0.0584. The van der Waals surface area contributed by atoms with Crippen LogP contribution in [0.5, 0.6) is 0 Å². The van der Waals surface area contributed by atoms with E-state index in [2.05, 4.69) is 10.6 Å². The van der Waals surface area contributed by atoms with Gasteiger partial charge in [-0.2, -0.15) is 0 Å². The Labute approximate surface area is 217 Å². The number of aliphatic hydroxyl groups excluding tert-OH is 1. The summed E-state index contributed by atoms with van der Waals surface area (Å²) in [7, 11) is -4.01. The maximum atomic E-state index is 13.6. The smallest absolute Gasteiger partial charge is 0.255 e. The number of rotatable bonds is 8. The van der Waals surface area contributed by atoms with Crippen LogP contribution in [0, 0.1) is 29.3 Å². The molecule has 5 atom stereocenters. The summed E-state index contributed by atoms with van der Waals surface area (Å²) in [5.74, 6) is -6.04. The monoisotopic (exact) mass is 560 g/mol. The van der Waals surface area contributed by atoms with Gasteiger partial charge in [0.25, 0.3) is 5.91 Å². The van der Waals surface area contributed by atoms with Gasteiger partial charge >= 0.3 is 0 Å². The highest BCUT2D eigenvalue weighted by Crippen LogP contribution is 2.52. The number of nitrogens with one attached hydrogen (secondary N) is 2. The van der Waals surface area contributed by atoms with Crippen molar-refractivity contribution in [3.05, 3.63) is 58.4 Å². The van der Waals surface area contributed by atoms with E-state index < -0.39 is 44.0 Å². The molecule has 4 N–H and O–H groups in total. The van der Waals surface area contributed by atoms with Gasteiger partial charge in [-0.3, -0.25) is 4.79 Å². The number of hydrogen-bond acceptors (Lipinski definition) is 6. The minimum Gasteiger partial charge on any atom is -0.395 e. The van der Waals surface area contributed by atoms with E-state index >= 15 is 0 Å². The van der Waals surface area contributed by atoms with E-state index in [9.17, 15) is 36.6 Å². The molecular weight excluding hydrogens is 533 g/mol. The van der Waals surface area contributed by atoms with E-state index in [-0.39, 0.29) is 65.0 Å².